The third-order valence-electron chi connectivity index (χ3n) is 6.27. The molecule has 0 spiro atoms. The van der Waals surface area contributed by atoms with Gasteiger partial charge in [-0.1, -0.05) is 68.4 Å². The predicted octanol–water partition coefficient (Wildman–Crippen LogP) is 4.96. The maximum Gasteiger partial charge on any atom is 0.410 e. The van der Waals surface area contributed by atoms with E-state index in [-0.39, 0.29) is 24.8 Å². The van der Waals surface area contributed by atoms with Gasteiger partial charge in [-0.3, -0.25) is 0 Å². The van der Waals surface area contributed by atoms with Gasteiger partial charge < -0.3 is 14.7 Å². The van der Waals surface area contributed by atoms with Crippen LogP contribution in [0.5, 0.6) is 0 Å². The van der Waals surface area contributed by atoms with Crippen LogP contribution < -0.4 is 0 Å². The molecule has 2 unspecified atom stereocenters. The Labute approximate surface area is 167 Å². The van der Waals surface area contributed by atoms with Crippen molar-refractivity contribution in [3.05, 3.63) is 71.3 Å². The lowest BCUT2D eigenvalue weighted by Gasteiger charge is -2.44. The summed E-state index contributed by atoms with van der Waals surface area (Å²) in [7, 11) is 0. The van der Waals surface area contributed by atoms with E-state index in [9.17, 15) is 9.90 Å². The van der Waals surface area contributed by atoms with Crippen molar-refractivity contribution in [1.82, 2.24) is 4.90 Å². The molecule has 28 heavy (non-hydrogen) atoms. The molecule has 4 heteroatoms. The maximum atomic E-state index is 12.8. The second kappa shape index (κ2) is 7.59. The Hall–Kier alpha value is -2.33. The monoisotopic (exact) mass is 379 g/mol. The van der Waals surface area contributed by atoms with Gasteiger partial charge in [-0.2, -0.15) is 0 Å². The summed E-state index contributed by atoms with van der Waals surface area (Å²) >= 11 is 0. The van der Waals surface area contributed by atoms with Crippen LogP contribution in [0.15, 0.2) is 54.6 Å². The van der Waals surface area contributed by atoms with Gasteiger partial charge in [0.15, 0.2) is 0 Å². The van der Waals surface area contributed by atoms with E-state index in [1.54, 1.807) is 0 Å². The molecule has 0 aromatic heterocycles. The standard InChI is InChI=1S/C24H29NO3/c1-17(2)21-10-6-7-11-22(21)24(27)14-19-12-13-20(15-24)25(19)23(26)28-16-18-8-4-3-5-9-18/h3-11,17,19-20,27H,12-16H2,1-2H3. The Morgan fingerprint density at radius 2 is 1.68 bits per heavy atom. The van der Waals surface area contributed by atoms with Gasteiger partial charge in [0.2, 0.25) is 0 Å². The van der Waals surface area contributed by atoms with E-state index >= 15 is 0 Å². The first-order valence-electron chi connectivity index (χ1n) is 10.3. The fourth-order valence-electron chi connectivity index (χ4n) is 4.96. The van der Waals surface area contributed by atoms with Crippen LogP contribution >= 0.6 is 0 Å². The fraction of sp³-hybridized carbons (Fsp3) is 0.458. The van der Waals surface area contributed by atoms with E-state index in [1.165, 1.54) is 5.56 Å². The second-order valence-corrected chi connectivity index (χ2v) is 8.51. The number of rotatable bonds is 4. The molecule has 4 nitrogen and oxygen atoms in total. The third-order valence-corrected chi connectivity index (χ3v) is 6.27. The number of amides is 1. The average molecular weight is 380 g/mol. The Balaban J connectivity index is 1.49. The van der Waals surface area contributed by atoms with Gasteiger partial charge in [-0.05, 0) is 35.4 Å². The van der Waals surface area contributed by atoms with Crippen molar-refractivity contribution in [3.63, 3.8) is 0 Å². The third kappa shape index (κ3) is 3.53. The zero-order valence-electron chi connectivity index (χ0n) is 16.7. The Bertz CT molecular complexity index is 819. The summed E-state index contributed by atoms with van der Waals surface area (Å²) in [5.41, 5.74) is 2.34. The van der Waals surface area contributed by atoms with Crippen LogP contribution in [0.4, 0.5) is 4.79 Å². The van der Waals surface area contributed by atoms with Crippen LogP contribution in [0.1, 0.15) is 62.1 Å². The molecule has 0 radical (unpaired) electrons. The number of fused-ring (bicyclic) bond motifs is 2. The molecule has 4 rings (SSSR count). The Kier molecular flexibility index (Phi) is 5.15. The fourth-order valence-corrected chi connectivity index (χ4v) is 4.96. The van der Waals surface area contributed by atoms with Crippen LogP contribution in [-0.2, 0) is 16.9 Å². The van der Waals surface area contributed by atoms with Crippen molar-refractivity contribution in [2.24, 2.45) is 0 Å². The van der Waals surface area contributed by atoms with Crippen molar-refractivity contribution in [2.75, 3.05) is 0 Å². The molecular weight excluding hydrogens is 350 g/mol. The molecular formula is C24H29NO3. The Morgan fingerprint density at radius 1 is 1.07 bits per heavy atom. The molecule has 2 heterocycles. The van der Waals surface area contributed by atoms with Crippen molar-refractivity contribution >= 4 is 6.09 Å². The van der Waals surface area contributed by atoms with Crippen LogP contribution in [-0.4, -0.2) is 28.2 Å². The highest BCUT2D eigenvalue weighted by Gasteiger charge is 2.51. The van der Waals surface area contributed by atoms with Crippen LogP contribution in [0, 0.1) is 0 Å². The molecule has 2 saturated heterocycles. The highest BCUT2D eigenvalue weighted by Crippen LogP contribution is 2.47. The summed E-state index contributed by atoms with van der Waals surface area (Å²) in [4.78, 5) is 14.7. The topological polar surface area (TPSA) is 49.8 Å². The van der Waals surface area contributed by atoms with Crippen LogP contribution in [0.2, 0.25) is 0 Å². The van der Waals surface area contributed by atoms with E-state index in [0.717, 1.165) is 24.0 Å². The zero-order valence-corrected chi connectivity index (χ0v) is 16.7. The number of nitrogens with zero attached hydrogens (tertiary/aromatic N) is 1. The van der Waals surface area contributed by atoms with E-state index in [2.05, 4.69) is 26.0 Å². The summed E-state index contributed by atoms with van der Waals surface area (Å²) in [6, 6.07) is 18.0. The highest BCUT2D eigenvalue weighted by atomic mass is 16.6. The minimum absolute atomic E-state index is 0.0345. The minimum Gasteiger partial charge on any atom is -0.445 e. The zero-order chi connectivity index (χ0) is 19.7. The number of ether oxygens (including phenoxy) is 1. The normalized spacial score (nSPS) is 26.5. The first-order chi connectivity index (χ1) is 13.5. The average Bonchev–Trinajstić information content (AvgIpc) is 2.99. The first-order valence-corrected chi connectivity index (χ1v) is 10.3. The summed E-state index contributed by atoms with van der Waals surface area (Å²) in [5, 5.41) is 11.6. The van der Waals surface area contributed by atoms with Crippen LogP contribution in [0.25, 0.3) is 0 Å². The SMILES string of the molecule is CC(C)c1ccccc1C1(O)CC2CCC(C1)N2C(=O)OCc1ccccc1. The molecule has 1 N–H and O–H groups in total. The van der Waals surface area contributed by atoms with Gasteiger partial charge in [0.05, 0.1) is 5.60 Å². The Morgan fingerprint density at radius 3 is 2.32 bits per heavy atom. The van der Waals surface area contributed by atoms with Gasteiger partial charge in [-0.15, -0.1) is 0 Å². The van der Waals surface area contributed by atoms with E-state index < -0.39 is 5.60 Å². The number of carbonyl (C=O) groups excluding carboxylic acids is 1. The number of carbonyl (C=O) groups is 1. The molecule has 2 aliphatic rings. The number of aliphatic hydroxyl groups is 1. The molecule has 2 fully saturated rings. The molecule has 2 atom stereocenters. The number of benzene rings is 2. The van der Waals surface area contributed by atoms with Crippen molar-refractivity contribution < 1.29 is 14.6 Å². The lowest BCUT2D eigenvalue weighted by molar-refractivity contribution is -0.0543. The minimum atomic E-state index is -0.872. The van der Waals surface area contributed by atoms with Gasteiger partial charge in [0, 0.05) is 24.9 Å². The largest absolute Gasteiger partial charge is 0.445 e. The van der Waals surface area contributed by atoms with Gasteiger partial charge in [0.1, 0.15) is 6.61 Å². The van der Waals surface area contributed by atoms with Gasteiger partial charge >= 0.3 is 6.09 Å². The molecule has 0 saturated carbocycles. The van der Waals surface area contributed by atoms with E-state index in [4.69, 9.17) is 4.74 Å². The van der Waals surface area contributed by atoms with Gasteiger partial charge in [-0.25, -0.2) is 4.79 Å². The molecule has 2 aliphatic heterocycles. The van der Waals surface area contributed by atoms with Crippen molar-refractivity contribution in [2.45, 2.75) is 69.7 Å². The molecule has 148 valence electrons. The first kappa shape index (κ1) is 19.0. The number of hydrogen-bond donors (Lipinski definition) is 1. The predicted molar refractivity (Wildman–Crippen MR) is 109 cm³/mol. The van der Waals surface area contributed by atoms with E-state index in [0.29, 0.717) is 18.8 Å². The smallest absolute Gasteiger partial charge is 0.410 e. The summed E-state index contributed by atoms with van der Waals surface area (Å²) in [6.45, 7) is 4.61. The highest BCUT2D eigenvalue weighted by molar-refractivity contribution is 5.69. The summed E-state index contributed by atoms with van der Waals surface area (Å²) < 4.78 is 5.59. The van der Waals surface area contributed by atoms with E-state index in [1.807, 2.05) is 47.4 Å². The van der Waals surface area contributed by atoms with Crippen molar-refractivity contribution in [1.29, 1.82) is 0 Å². The summed E-state index contributed by atoms with van der Waals surface area (Å²) in [5.74, 6) is 0.353. The number of piperidine rings is 1. The quantitative estimate of drug-likeness (QED) is 0.817. The molecule has 1 amide bonds. The second-order valence-electron chi connectivity index (χ2n) is 8.51. The lowest BCUT2D eigenvalue weighted by Crippen LogP contribution is -2.52. The molecule has 2 aromatic carbocycles. The summed E-state index contributed by atoms with van der Waals surface area (Å²) in [6.07, 6.45) is 2.76. The molecule has 0 aliphatic carbocycles. The van der Waals surface area contributed by atoms with Crippen LogP contribution in [0.3, 0.4) is 0 Å². The molecule has 2 bridgehead atoms. The lowest BCUT2D eigenvalue weighted by atomic mass is 9.77. The van der Waals surface area contributed by atoms with Gasteiger partial charge in [0.25, 0.3) is 0 Å². The number of hydrogen-bond acceptors (Lipinski definition) is 3. The molecule has 2 aromatic rings. The maximum absolute atomic E-state index is 12.8. The van der Waals surface area contributed by atoms with Crippen molar-refractivity contribution in [3.8, 4) is 0 Å².